The number of nitrogens with zero attached hydrogens (tertiary/aromatic N) is 1. The van der Waals surface area contributed by atoms with Gasteiger partial charge >= 0.3 is 0 Å². The average Bonchev–Trinajstić information content (AvgIpc) is 2.70. The van der Waals surface area contributed by atoms with E-state index in [9.17, 15) is 13.5 Å². The highest BCUT2D eigenvalue weighted by atomic mass is 32.2. The summed E-state index contributed by atoms with van der Waals surface area (Å²) in [5, 5.41) is 9.54. The van der Waals surface area contributed by atoms with Crippen LogP contribution in [0.3, 0.4) is 0 Å². The maximum absolute atomic E-state index is 12.6. The van der Waals surface area contributed by atoms with Gasteiger partial charge in [0.05, 0.1) is 0 Å². The number of piperidine rings is 1. The monoisotopic (exact) mass is 304 g/mol. The topological polar surface area (TPSA) is 69.6 Å². The van der Waals surface area contributed by atoms with E-state index in [1.807, 2.05) is 6.92 Å². The van der Waals surface area contributed by atoms with Gasteiger partial charge < -0.3 is 5.11 Å². The van der Waals surface area contributed by atoms with Gasteiger partial charge in [0, 0.05) is 31.2 Å². The minimum Gasteiger partial charge on any atom is -0.396 e. The Balaban J connectivity index is 2.07. The molecule has 0 bridgehead atoms. The van der Waals surface area contributed by atoms with Gasteiger partial charge in [-0.05, 0) is 31.1 Å². The van der Waals surface area contributed by atoms with Crippen molar-refractivity contribution in [2.75, 3.05) is 19.7 Å². The molecule has 0 radical (unpaired) electrons. The Bertz CT molecular complexity index is 430. The van der Waals surface area contributed by atoms with E-state index >= 15 is 0 Å². The smallest absolute Gasteiger partial charge is 0.279 e. The molecule has 0 spiro atoms. The number of hydrogen-bond acceptors (Lipinski definition) is 3. The molecule has 4 atom stereocenters. The molecule has 2 rings (SSSR count). The summed E-state index contributed by atoms with van der Waals surface area (Å²) in [6.45, 7) is 7.41. The van der Waals surface area contributed by atoms with Gasteiger partial charge in [0.2, 0.25) is 0 Å². The van der Waals surface area contributed by atoms with Crippen molar-refractivity contribution in [3.8, 4) is 0 Å². The summed E-state index contributed by atoms with van der Waals surface area (Å²) in [6.07, 6.45) is 3.75. The van der Waals surface area contributed by atoms with Crippen LogP contribution in [-0.2, 0) is 10.2 Å². The highest BCUT2D eigenvalue weighted by molar-refractivity contribution is 7.87. The molecule has 2 fully saturated rings. The van der Waals surface area contributed by atoms with E-state index in [0.717, 1.165) is 25.7 Å². The van der Waals surface area contributed by atoms with Gasteiger partial charge in [0.25, 0.3) is 10.2 Å². The van der Waals surface area contributed by atoms with Gasteiger partial charge in [0.1, 0.15) is 0 Å². The number of rotatable bonds is 4. The van der Waals surface area contributed by atoms with Crippen molar-refractivity contribution in [2.45, 2.75) is 52.5 Å². The molecule has 0 amide bonds. The molecule has 118 valence electrons. The third-order valence-electron chi connectivity index (χ3n) is 4.91. The Kier molecular flexibility index (Phi) is 4.79. The van der Waals surface area contributed by atoms with Crippen LogP contribution < -0.4 is 4.72 Å². The molecule has 6 heteroatoms. The summed E-state index contributed by atoms with van der Waals surface area (Å²) in [5.41, 5.74) is -0.319. The van der Waals surface area contributed by atoms with E-state index < -0.39 is 10.2 Å². The van der Waals surface area contributed by atoms with Crippen molar-refractivity contribution in [1.82, 2.24) is 9.03 Å². The van der Waals surface area contributed by atoms with E-state index in [4.69, 9.17) is 0 Å². The van der Waals surface area contributed by atoms with Crippen LogP contribution in [0.15, 0.2) is 0 Å². The molecule has 1 heterocycles. The van der Waals surface area contributed by atoms with Gasteiger partial charge in [0.15, 0.2) is 0 Å². The van der Waals surface area contributed by atoms with Gasteiger partial charge in [-0.3, -0.25) is 0 Å². The van der Waals surface area contributed by atoms with Crippen molar-refractivity contribution in [3.05, 3.63) is 0 Å². The first-order valence-corrected chi connectivity index (χ1v) is 9.09. The fourth-order valence-electron chi connectivity index (χ4n) is 3.68. The Hall–Kier alpha value is -0.170. The quantitative estimate of drug-likeness (QED) is 0.824. The molecule has 2 N–H and O–H groups in total. The first-order valence-electron chi connectivity index (χ1n) is 7.65. The van der Waals surface area contributed by atoms with Gasteiger partial charge in [-0.25, -0.2) is 0 Å². The zero-order chi connectivity index (χ0) is 15.0. The highest BCUT2D eigenvalue weighted by Crippen LogP contribution is 2.38. The minimum atomic E-state index is -3.44. The van der Waals surface area contributed by atoms with Crippen molar-refractivity contribution in [1.29, 1.82) is 0 Å². The molecule has 1 aliphatic carbocycles. The second kappa shape index (κ2) is 5.91. The molecule has 1 aliphatic heterocycles. The summed E-state index contributed by atoms with van der Waals surface area (Å²) in [6, 6.07) is -0.148. The number of aliphatic hydroxyl groups is 1. The molecule has 0 aromatic heterocycles. The van der Waals surface area contributed by atoms with Crippen LogP contribution in [0, 0.1) is 17.3 Å². The normalized spacial score (nSPS) is 40.1. The van der Waals surface area contributed by atoms with Crippen LogP contribution in [0.5, 0.6) is 0 Å². The Morgan fingerprint density at radius 2 is 1.90 bits per heavy atom. The molecule has 20 heavy (non-hydrogen) atoms. The Morgan fingerprint density at radius 3 is 2.45 bits per heavy atom. The second-order valence-corrected chi connectivity index (χ2v) is 8.85. The van der Waals surface area contributed by atoms with Crippen LogP contribution in [0.4, 0.5) is 0 Å². The van der Waals surface area contributed by atoms with Gasteiger partial charge in [-0.1, -0.05) is 27.2 Å². The lowest BCUT2D eigenvalue weighted by Crippen LogP contribution is -2.53. The van der Waals surface area contributed by atoms with Gasteiger partial charge in [-0.15, -0.1) is 0 Å². The zero-order valence-electron chi connectivity index (χ0n) is 12.8. The predicted octanol–water partition coefficient (Wildman–Crippen LogP) is 1.35. The van der Waals surface area contributed by atoms with Gasteiger partial charge in [-0.2, -0.15) is 17.4 Å². The molecule has 1 saturated carbocycles. The first-order chi connectivity index (χ1) is 9.27. The maximum atomic E-state index is 12.6. The lowest BCUT2D eigenvalue weighted by Gasteiger charge is -2.37. The molecule has 0 aromatic carbocycles. The SMILES string of the molecule is CC1CC(C)CN(S(=O)(=O)NC2CCCC2(C)CO)C1. The van der Waals surface area contributed by atoms with Crippen molar-refractivity contribution in [2.24, 2.45) is 17.3 Å². The van der Waals surface area contributed by atoms with E-state index in [0.29, 0.717) is 24.9 Å². The van der Waals surface area contributed by atoms with Crippen molar-refractivity contribution < 1.29 is 13.5 Å². The van der Waals surface area contributed by atoms with Crippen LogP contribution in [0.25, 0.3) is 0 Å². The molecular weight excluding hydrogens is 276 g/mol. The summed E-state index contributed by atoms with van der Waals surface area (Å²) in [5.74, 6) is 0.811. The Morgan fingerprint density at radius 1 is 1.30 bits per heavy atom. The predicted molar refractivity (Wildman–Crippen MR) is 79.4 cm³/mol. The van der Waals surface area contributed by atoms with E-state index in [2.05, 4.69) is 18.6 Å². The highest BCUT2D eigenvalue weighted by Gasteiger charge is 2.42. The lowest BCUT2D eigenvalue weighted by atomic mass is 9.86. The Labute approximate surface area is 122 Å². The summed E-state index contributed by atoms with van der Waals surface area (Å²) in [4.78, 5) is 0. The summed E-state index contributed by atoms with van der Waals surface area (Å²) < 4.78 is 29.6. The van der Waals surface area contributed by atoms with E-state index in [-0.39, 0.29) is 18.1 Å². The molecule has 5 nitrogen and oxygen atoms in total. The standard InChI is InChI=1S/C14H28N2O3S/c1-11-7-12(2)9-16(8-11)20(18,19)15-13-5-4-6-14(13,3)10-17/h11-13,15,17H,4-10H2,1-3H3. The van der Waals surface area contributed by atoms with Crippen molar-refractivity contribution in [3.63, 3.8) is 0 Å². The summed E-state index contributed by atoms with van der Waals surface area (Å²) >= 11 is 0. The molecule has 2 aliphatic rings. The number of hydrogen-bond donors (Lipinski definition) is 2. The fourth-order valence-corrected chi connectivity index (χ4v) is 5.49. The molecule has 1 saturated heterocycles. The molecule has 0 aromatic rings. The van der Waals surface area contributed by atoms with Crippen LogP contribution in [0.1, 0.15) is 46.5 Å². The van der Waals surface area contributed by atoms with E-state index in [1.165, 1.54) is 0 Å². The van der Waals surface area contributed by atoms with Crippen LogP contribution in [-0.4, -0.2) is 43.6 Å². The van der Waals surface area contributed by atoms with Crippen LogP contribution in [0.2, 0.25) is 0 Å². The molecular formula is C14H28N2O3S. The third kappa shape index (κ3) is 3.35. The largest absolute Gasteiger partial charge is 0.396 e. The van der Waals surface area contributed by atoms with E-state index in [1.54, 1.807) is 4.31 Å². The zero-order valence-corrected chi connectivity index (χ0v) is 13.6. The van der Waals surface area contributed by atoms with Crippen molar-refractivity contribution >= 4 is 10.2 Å². The third-order valence-corrected chi connectivity index (χ3v) is 6.47. The van der Waals surface area contributed by atoms with Crippen LogP contribution >= 0.6 is 0 Å². The molecule has 4 unspecified atom stereocenters. The average molecular weight is 304 g/mol. The lowest BCUT2D eigenvalue weighted by molar-refractivity contribution is 0.125. The number of nitrogens with one attached hydrogen (secondary N) is 1. The summed E-state index contributed by atoms with van der Waals surface area (Å²) in [7, 11) is -3.44. The second-order valence-electron chi connectivity index (χ2n) is 7.14. The fraction of sp³-hybridized carbons (Fsp3) is 1.00. The minimum absolute atomic E-state index is 0.0347. The number of aliphatic hydroxyl groups excluding tert-OH is 1. The maximum Gasteiger partial charge on any atom is 0.279 e. The first kappa shape index (κ1) is 16.2.